The summed E-state index contributed by atoms with van der Waals surface area (Å²) in [6.07, 6.45) is 1.07. The number of hydrogen-bond donors (Lipinski definition) is 1. The Morgan fingerprint density at radius 1 is 1.21 bits per heavy atom. The Morgan fingerprint density at radius 2 is 1.96 bits per heavy atom. The van der Waals surface area contributed by atoms with Crippen molar-refractivity contribution in [2.45, 2.75) is 19.8 Å². The number of carbonyl (C=O) groups is 3. The molecule has 1 heterocycles. The van der Waals surface area contributed by atoms with Gasteiger partial charge in [-0.1, -0.05) is 0 Å². The Bertz CT molecular complexity index is 644. The lowest BCUT2D eigenvalue weighted by Crippen LogP contribution is -2.43. The molecule has 1 aromatic rings. The number of likely N-dealkylation sites (tertiary alicyclic amines) is 1. The summed E-state index contributed by atoms with van der Waals surface area (Å²) in [6, 6.07) is 4.96. The van der Waals surface area contributed by atoms with E-state index in [0.29, 0.717) is 24.3 Å². The first-order valence-corrected chi connectivity index (χ1v) is 7.79. The van der Waals surface area contributed by atoms with Crippen LogP contribution in [0.3, 0.4) is 0 Å². The summed E-state index contributed by atoms with van der Waals surface area (Å²) in [5, 5.41) is 2.87. The molecule has 1 unspecified atom stereocenters. The highest BCUT2D eigenvalue weighted by atomic mass is 16.5. The van der Waals surface area contributed by atoms with Crippen molar-refractivity contribution in [2.75, 3.05) is 32.6 Å². The van der Waals surface area contributed by atoms with Crippen LogP contribution in [0.4, 0.5) is 10.5 Å². The summed E-state index contributed by atoms with van der Waals surface area (Å²) in [6.45, 7) is 2.75. The predicted octanol–water partition coefficient (Wildman–Crippen LogP) is 2.20. The van der Waals surface area contributed by atoms with Gasteiger partial charge in [0.1, 0.15) is 0 Å². The molecule has 0 bridgehead atoms. The van der Waals surface area contributed by atoms with Gasteiger partial charge < -0.3 is 19.7 Å². The molecule has 1 fully saturated rings. The van der Waals surface area contributed by atoms with Crippen molar-refractivity contribution in [1.29, 1.82) is 0 Å². The van der Waals surface area contributed by atoms with E-state index in [1.54, 1.807) is 23.1 Å². The van der Waals surface area contributed by atoms with Crippen LogP contribution in [0.1, 0.15) is 28.8 Å². The fraction of sp³-hybridized carbons (Fsp3) is 0.471. The summed E-state index contributed by atoms with van der Waals surface area (Å²) in [5.74, 6) is -0.841. The molecule has 0 radical (unpaired) electrons. The molecule has 2 rings (SSSR count). The topological polar surface area (TPSA) is 84.9 Å². The van der Waals surface area contributed by atoms with Crippen molar-refractivity contribution in [3.63, 3.8) is 0 Å². The van der Waals surface area contributed by atoms with Crippen LogP contribution in [0.25, 0.3) is 0 Å². The van der Waals surface area contributed by atoms with E-state index in [0.717, 1.165) is 18.4 Å². The molecule has 0 aliphatic carbocycles. The van der Waals surface area contributed by atoms with Crippen LogP contribution in [-0.2, 0) is 14.3 Å². The molecule has 1 atom stereocenters. The normalized spacial score (nSPS) is 17.1. The number of aryl methyl sites for hydroxylation is 1. The molecule has 7 heteroatoms. The zero-order valence-electron chi connectivity index (χ0n) is 14.1. The first-order chi connectivity index (χ1) is 11.5. The third kappa shape index (κ3) is 4.04. The molecule has 7 nitrogen and oxygen atoms in total. The summed E-state index contributed by atoms with van der Waals surface area (Å²) in [5.41, 5.74) is 1.84. The number of methoxy groups -OCH3 is 2. The second-order valence-electron chi connectivity index (χ2n) is 5.77. The summed E-state index contributed by atoms with van der Waals surface area (Å²) in [7, 11) is 2.65. The second kappa shape index (κ2) is 7.81. The van der Waals surface area contributed by atoms with Crippen molar-refractivity contribution in [3.8, 4) is 0 Å². The van der Waals surface area contributed by atoms with Crippen LogP contribution in [-0.4, -0.2) is 50.2 Å². The van der Waals surface area contributed by atoms with E-state index in [2.05, 4.69) is 10.1 Å². The van der Waals surface area contributed by atoms with Crippen molar-refractivity contribution in [2.24, 2.45) is 5.92 Å². The number of ether oxygens (including phenoxy) is 2. The molecule has 1 aliphatic heterocycles. The number of hydrogen-bond acceptors (Lipinski definition) is 5. The predicted molar refractivity (Wildman–Crippen MR) is 87.9 cm³/mol. The zero-order valence-corrected chi connectivity index (χ0v) is 14.1. The zero-order chi connectivity index (χ0) is 17.7. The van der Waals surface area contributed by atoms with Gasteiger partial charge in [-0.05, 0) is 43.5 Å². The van der Waals surface area contributed by atoms with Gasteiger partial charge in [0.2, 0.25) is 5.91 Å². The first-order valence-electron chi connectivity index (χ1n) is 7.79. The Labute approximate surface area is 140 Å². The van der Waals surface area contributed by atoms with Gasteiger partial charge in [-0.25, -0.2) is 9.59 Å². The molecular weight excluding hydrogens is 312 g/mol. The smallest absolute Gasteiger partial charge is 0.409 e. The number of nitrogens with zero attached hydrogens (tertiary/aromatic N) is 1. The molecule has 24 heavy (non-hydrogen) atoms. The Balaban J connectivity index is 2.04. The number of nitrogens with one attached hydrogen (secondary N) is 1. The van der Waals surface area contributed by atoms with Gasteiger partial charge in [0.05, 0.1) is 25.7 Å². The third-order valence-corrected chi connectivity index (χ3v) is 4.13. The number of piperidine rings is 1. The van der Waals surface area contributed by atoms with Crippen LogP contribution in [0, 0.1) is 12.8 Å². The van der Waals surface area contributed by atoms with Crippen molar-refractivity contribution < 1.29 is 23.9 Å². The van der Waals surface area contributed by atoms with Gasteiger partial charge in [0, 0.05) is 18.8 Å². The van der Waals surface area contributed by atoms with Crippen molar-refractivity contribution >= 4 is 23.7 Å². The number of rotatable bonds is 3. The minimum absolute atomic E-state index is 0.141. The van der Waals surface area contributed by atoms with E-state index in [1.807, 2.05) is 6.92 Å². The van der Waals surface area contributed by atoms with Gasteiger partial charge in [0.25, 0.3) is 0 Å². The molecule has 0 aromatic heterocycles. The monoisotopic (exact) mass is 334 g/mol. The molecule has 1 aliphatic rings. The maximum Gasteiger partial charge on any atom is 0.409 e. The highest BCUT2D eigenvalue weighted by molar-refractivity contribution is 5.95. The number of carbonyl (C=O) groups excluding carboxylic acids is 3. The minimum atomic E-state index is -0.419. The third-order valence-electron chi connectivity index (χ3n) is 4.13. The summed E-state index contributed by atoms with van der Waals surface area (Å²) < 4.78 is 9.39. The number of amides is 2. The maximum atomic E-state index is 12.5. The quantitative estimate of drug-likeness (QED) is 0.857. The SMILES string of the molecule is COC(=O)c1ccc(NC(=O)C2CCCN(C(=O)OC)C2)c(C)c1. The van der Waals surface area contributed by atoms with Crippen LogP contribution in [0.5, 0.6) is 0 Å². The standard InChI is InChI=1S/C17H22N2O5/c1-11-9-12(16(21)23-2)6-7-14(11)18-15(20)13-5-4-8-19(10-13)17(22)24-3/h6-7,9,13H,4-5,8,10H2,1-3H3,(H,18,20). The molecule has 1 saturated heterocycles. The minimum Gasteiger partial charge on any atom is -0.465 e. The Hall–Kier alpha value is -2.57. The Morgan fingerprint density at radius 3 is 2.58 bits per heavy atom. The average Bonchev–Trinajstić information content (AvgIpc) is 2.61. The second-order valence-corrected chi connectivity index (χ2v) is 5.77. The molecular formula is C17H22N2O5. The molecule has 1 N–H and O–H groups in total. The largest absolute Gasteiger partial charge is 0.465 e. The lowest BCUT2D eigenvalue weighted by molar-refractivity contribution is -0.121. The maximum absolute atomic E-state index is 12.5. The number of anilines is 1. The fourth-order valence-electron chi connectivity index (χ4n) is 2.77. The van der Waals surface area contributed by atoms with E-state index in [1.165, 1.54) is 14.2 Å². The van der Waals surface area contributed by atoms with E-state index in [9.17, 15) is 14.4 Å². The van der Waals surface area contributed by atoms with Crippen LogP contribution < -0.4 is 5.32 Å². The van der Waals surface area contributed by atoms with Crippen molar-refractivity contribution in [3.05, 3.63) is 29.3 Å². The average molecular weight is 334 g/mol. The molecule has 1 aromatic carbocycles. The summed E-state index contributed by atoms with van der Waals surface area (Å²) in [4.78, 5) is 37.1. The highest BCUT2D eigenvalue weighted by Crippen LogP contribution is 2.22. The van der Waals surface area contributed by atoms with E-state index in [4.69, 9.17) is 4.74 Å². The molecule has 130 valence electrons. The van der Waals surface area contributed by atoms with Crippen molar-refractivity contribution in [1.82, 2.24) is 4.90 Å². The van der Waals surface area contributed by atoms with Crippen LogP contribution >= 0.6 is 0 Å². The van der Waals surface area contributed by atoms with Crippen LogP contribution in [0.15, 0.2) is 18.2 Å². The lowest BCUT2D eigenvalue weighted by Gasteiger charge is -2.31. The molecule has 0 spiro atoms. The lowest BCUT2D eigenvalue weighted by atomic mass is 9.97. The van der Waals surface area contributed by atoms with Gasteiger partial charge in [-0.3, -0.25) is 4.79 Å². The van der Waals surface area contributed by atoms with Crippen LogP contribution in [0.2, 0.25) is 0 Å². The molecule has 2 amide bonds. The highest BCUT2D eigenvalue weighted by Gasteiger charge is 2.29. The number of benzene rings is 1. The van der Waals surface area contributed by atoms with E-state index < -0.39 is 12.1 Å². The Kier molecular flexibility index (Phi) is 5.78. The van der Waals surface area contributed by atoms with Gasteiger partial charge in [-0.15, -0.1) is 0 Å². The van der Waals surface area contributed by atoms with E-state index in [-0.39, 0.29) is 11.8 Å². The number of esters is 1. The summed E-state index contributed by atoms with van der Waals surface area (Å²) >= 11 is 0. The fourth-order valence-corrected chi connectivity index (χ4v) is 2.77. The first kappa shape index (κ1) is 17.8. The van der Waals surface area contributed by atoms with Gasteiger partial charge in [-0.2, -0.15) is 0 Å². The van der Waals surface area contributed by atoms with E-state index >= 15 is 0 Å². The van der Waals surface area contributed by atoms with Gasteiger partial charge in [0.15, 0.2) is 0 Å². The van der Waals surface area contributed by atoms with Gasteiger partial charge >= 0.3 is 12.1 Å². The molecule has 0 saturated carbocycles.